The summed E-state index contributed by atoms with van der Waals surface area (Å²) in [7, 11) is -4.52. The van der Waals surface area contributed by atoms with Crippen LogP contribution in [0.25, 0.3) is 42.9 Å². The van der Waals surface area contributed by atoms with Crippen molar-refractivity contribution in [2.45, 2.75) is 59.5 Å². The van der Waals surface area contributed by atoms with Crippen molar-refractivity contribution in [3.05, 3.63) is 82.7 Å². The number of carbonyl (C=O) groups is 2. The summed E-state index contributed by atoms with van der Waals surface area (Å²) in [4.78, 5) is 49.4. The van der Waals surface area contributed by atoms with Crippen molar-refractivity contribution >= 4 is 60.2 Å². The number of amides is 1. The van der Waals surface area contributed by atoms with E-state index in [1.54, 1.807) is 45.0 Å². The zero-order chi connectivity index (χ0) is 36.9. The maximum absolute atomic E-state index is 14.5. The monoisotopic (exact) mass is 732 g/mol. The van der Waals surface area contributed by atoms with Crippen LogP contribution in [0.15, 0.2) is 75.9 Å². The highest BCUT2D eigenvalue weighted by Crippen LogP contribution is 2.41. The van der Waals surface area contributed by atoms with Crippen LogP contribution in [0.3, 0.4) is 0 Å². The molecule has 0 aliphatic carbocycles. The van der Waals surface area contributed by atoms with Gasteiger partial charge < -0.3 is 23.5 Å². The molecule has 0 bridgehead atoms. The first kappa shape index (κ1) is 37.7. The van der Waals surface area contributed by atoms with Crippen molar-refractivity contribution in [2.75, 3.05) is 36.8 Å². The van der Waals surface area contributed by atoms with Crippen LogP contribution in [0.5, 0.6) is 0 Å². The third-order valence-corrected chi connectivity index (χ3v) is 10.1. The van der Waals surface area contributed by atoms with Crippen LogP contribution in [0.4, 0.5) is 5.69 Å². The van der Waals surface area contributed by atoms with Gasteiger partial charge in [-0.2, -0.15) is 0 Å². The maximum atomic E-state index is 14.5. The molecule has 0 radical (unpaired) electrons. The molecular weight excluding hydrogens is 691 g/mol. The number of ether oxygens (including phenoxy) is 1. The summed E-state index contributed by atoms with van der Waals surface area (Å²) in [5.41, 5.74) is 2.07. The Kier molecular flexibility index (Phi) is 11.6. The predicted octanol–water partition coefficient (Wildman–Crippen LogP) is 7.08. The van der Waals surface area contributed by atoms with Crippen molar-refractivity contribution in [1.29, 1.82) is 0 Å². The van der Waals surface area contributed by atoms with Gasteiger partial charge in [-0.15, -0.1) is 11.3 Å². The number of esters is 1. The van der Waals surface area contributed by atoms with E-state index in [2.05, 4.69) is 4.90 Å². The molecule has 3 aromatic carbocycles. The number of anilines is 1. The average molecular weight is 733 g/mol. The molecule has 13 heteroatoms. The second kappa shape index (κ2) is 15.7. The predicted molar refractivity (Wildman–Crippen MR) is 200 cm³/mol. The highest BCUT2D eigenvalue weighted by atomic mass is 32.2. The molecule has 0 unspecified atom stereocenters. The van der Waals surface area contributed by atoms with Gasteiger partial charge in [-0.3, -0.25) is 9.59 Å². The number of hydrogen-bond donors (Lipinski definition) is 0. The topological polar surface area (TPSA) is 150 Å². The smallest absolute Gasteiger partial charge is 0.347 e. The number of thiazole rings is 1. The van der Waals surface area contributed by atoms with Gasteiger partial charge in [-0.25, -0.2) is 18.2 Å². The summed E-state index contributed by atoms with van der Waals surface area (Å²) >= 11 is 1.34. The molecule has 2 heterocycles. The van der Waals surface area contributed by atoms with Gasteiger partial charge in [0.1, 0.15) is 21.8 Å². The van der Waals surface area contributed by atoms with Crippen LogP contribution in [0.2, 0.25) is 0 Å². The van der Waals surface area contributed by atoms with E-state index in [1.807, 2.05) is 56.3 Å². The molecule has 11 nitrogen and oxygen atoms in total. The molecule has 0 N–H and O–H groups in total. The van der Waals surface area contributed by atoms with Crippen LogP contribution in [-0.4, -0.2) is 72.3 Å². The first-order valence-corrected chi connectivity index (χ1v) is 19.3. The van der Waals surface area contributed by atoms with Gasteiger partial charge >= 0.3 is 11.6 Å². The first-order valence-electron chi connectivity index (χ1n) is 16.9. The maximum Gasteiger partial charge on any atom is 0.347 e. The molecule has 5 aromatic rings. The van der Waals surface area contributed by atoms with E-state index in [0.717, 1.165) is 23.5 Å². The number of hydrogen-bond acceptors (Lipinski definition) is 11. The molecule has 0 saturated heterocycles. The molecule has 0 aliphatic rings. The molecular formula is C38H42N3O8S2-. The second-order valence-corrected chi connectivity index (χ2v) is 15.7. The van der Waals surface area contributed by atoms with Crippen LogP contribution in [0, 0.1) is 0 Å². The molecule has 0 aliphatic heterocycles. The fourth-order valence-corrected chi connectivity index (χ4v) is 7.53. The third kappa shape index (κ3) is 9.21. The highest BCUT2D eigenvalue weighted by molar-refractivity contribution is 7.85. The molecule has 5 rings (SSSR count). The van der Waals surface area contributed by atoms with Crippen molar-refractivity contribution in [2.24, 2.45) is 0 Å². The first-order chi connectivity index (χ1) is 24.2. The number of fused-ring (bicyclic) bond motifs is 2. The zero-order valence-electron chi connectivity index (χ0n) is 29.4. The lowest BCUT2D eigenvalue weighted by atomic mass is 9.92. The number of benzene rings is 3. The van der Waals surface area contributed by atoms with E-state index >= 15 is 0 Å². The Hall–Kier alpha value is -4.59. The van der Waals surface area contributed by atoms with Crippen molar-refractivity contribution < 1.29 is 31.7 Å². The van der Waals surface area contributed by atoms with E-state index in [0.29, 0.717) is 32.6 Å². The summed E-state index contributed by atoms with van der Waals surface area (Å²) in [5, 5.41) is 1.04. The van der Waals surface area contributed by atoms with E-state index in [1.165, 1.54) is 16.2 Å². The van der Waals surface area contributed by atoms with Crippen molar-refractivity contribution in [3.8, 4) is 21.7 Å². The Labute approximate surface area is 301 Å². The third-order valence-electron chi connectivity index (χ3n) is 8.29. The van der Waals surface area contributed by atoms with Crippen LogP contribution >= 0.6 is 11.3 Å². The Bertz CT molecular complexity index is 2180. The van der Waals surface area contributed by atoms with Gasteiger partial charge in [0.15, 0.2) is 0 Å². The lowest BCUT2D eigenvalue weighted by molar-refractivity contribution is -0.155. The molecule has 51 heavy (non-hydrogen) atoms. The minimum absolute atomic E-state index is 0.0313. The van der Waals surface area contributed by atoms with Gasteiger partial charge in [0.05, 0.1) is 20.3 Å². The summed E-state index contributed by atoms with van der Waals surface area (Å²) < 4.78 is 46.7. The normalized spacial score (nSPS) is 12.0. The van der Waals surface area contributed by atoms with Crippen molar-refractivity contribution in [1.82, 2.24) is 9.88 Å². The van der Waals surface area contributed by atoms with E-state index in [4.69, 9.17) is 14.1 Å². The van der Waals surface area contributed by atoms with Gasteiger partial charge in [-0.05, 0) is 83.4 Å². The van der Waals surface area contributed by atoms with E-state index in [9.17, 15) is 27.4 Å². The lowest BCUT2D eigenvalue weighted by Gasteiger charge is -2.25. The van der Waals surface area contributed by atoms with Crippen LogP contribution < -0.4 is 10.5 Å². The fourth-order valence-electron chi connectivity index (χ4n) is 6.04. The largest absolute Gasteiger partial charge is 0.748 e. The number of rotatable bonds is 14. The van der Waals surface area contributed by atoms with E-state index in [-0.39, 0.29) is 43.5 Å². The van der Waals surface area contributed by atoms with E-state index < -0.39 is 39.0 Å². The molecule has 0 spiro atoms. The minimum atomic E-state index is -4.52. The second-order valence-electron chi connectivity index (χ2n) is 13.1. The summed E-state index contributed by atoms with van der Waals surface area (Å²) in [5.74, 6) is -1.52. The molecule has 270 valence electrons. The lowest BCUT2D eigenvalue weighted by Crippen LogP contribution is -2.34. The quantitative estimate of drug-likeness (QED) is 0.0658. The number of aromatic nitrogens is 1. The Morgan fingerprint density at radius 3 is 2.31 bits per heavy atom. The molecule has 0 fully saturated rings. The summed E-state index contributed by atoms with van der Waals surface area (Å²) in [6, 6.07) is 20.1. The molecule has 1 amide bonds. The van der Waals surface area contributed by atoms with Crippen LogP contribution in [-0.2, 0) is 19.6 Å². The minimum Gasteiger partial charge on any atom is -0.748 e. The standard InChI is InChI=1S/C38H43N3O8S2/c1-6-40(7-2)25-19-20-28-30(24-25)48-37(44)34(35-39-29-16-10-11-17-31(29)50-35)33(28)26-14-8-9-15-27(26)36(43)41(22-13-23-51(45,46)47)21-12-18-32(42)49-38(3,4)5/h8-11,14-17,19-20,24H,6-7,12-13,18,21-23H2,1-5H3,(H,45,46,47)/p-1. The van der Waals surface area contributed by atoms with Crippen molar-refractivity contribution in [3.63, 3.8) is 0 Å². The highest BCUT2D eigenvalue weighted by Gasteiger charge is 2.27. The fraction of sp³-hybridized carbons (Fsp3) is 0.368. The summed E-state index contributed by atoms with van der Waals surface area (Å²) in [6.07, 6.45) is 0.189. The summed E-state index contributed by atoms with van der Waals surface area (Å²) in [6.45, 7) is 10.9. The number of carbonyl (C=O) groups excluding carboxylic acids is 2. The van der Waals surface area contributed by atoms with Gasteiger partial charge in [0.2, 0.25) is 0 Å². The number of para-hydroxylation sites is 1. The Morgan fingerprint density at radius 2 is 1.63 bits per heavy atom. The van der Waals surface area contributed by atoms with Gasteiger partial charge in [0, 0.05) is 66.6 Å². The SMILES string of the molecule is CCN(CC)c1ccc2c(-c3ccccc3C(=O)N(CCCC(=O)OC(C)(C)C)CCCS(=O)(=O)[O-])c(-c3nc4ccccc4s3)c(=O)oc2c1. The Balaban J connectivity index is 1.65. The zero-order valence-corrected chi connectivity index (χ0v) is 31.1. The number of nitrogens with zero attached hydrogens (tertiary/aromatic N) is 3. The molecule has 0 saturated carbocycles. The van der Waals surface area contributed by atoms with Crippen LogP contribution in [0.1, 0.15) is 64.2 Å². The molecule has 0 atom stereocenters. The Morgan fingerprint density at radius 1 is 0.941 bits per heavy atom. The van der Waals surface area contributed by atoms with Gasteiger partial charge in [-0.1, -0.05) is 30.3 Å². The molecule has 2 aromatic heterocycles. The van der Waals surface area contributed by atoms with Gasteiger partial charge in [0.25, 0.3) is 5.91 Å². The average Bonchev–Trinajstić information content (AvgIpc) is 3.50.